The van der Waals surface area contributed by atoms with Gasteiger partial charge in [-0.3, -0.25) is 0 Å². The van der Waals surface area contributed by atoms with Gasteiger partial charge in [0.25, 0.3) is 5.82 Å². The Labute approximate surface area is 143 Å². The Morgan fingerprint density at radius 1 is 1.25 bits per heavy atom. The summed E-state index contributed by atoms with van der Waals surface area (Å²) in [5, 5.41) is 17.3. The van der Waals surface area contributed by atoms with Crippen molar-refractivity contribution >= 4 is 17.7 Å². The summed E-state index contributed by atoms with van der Waals surface area (Å²) in [4.78, 5) is 15.2. The molecule has 0 bridgehead atoms. The summed E-state index contributed by atoms with van der Waals surface area (Å²) in [6.07, 6.45) is 1.76. The molecule has 0 atom stereocenters. The molecule has 0 saturated carbocycles. The summed E-state index contributed by atoms with van der Waals surface area (Å²) in [5.41, 5.74) is 2.20. The highest BCUT2D eigenvalue weighted by atomic mass is 32.2. The van der Waals surface area contributed by atoms with Crippen LogP contribution in [0.4, 0.5) is 0 Å². The lowest BCUT2D eigenvalue weighted by atomic mass is 10.1. The van der Waals surface area contributed by atoms with E-state index in [4.69, 9.17) is 5.11 Å². The van der Waals surface area contributed by atoms with Gasteiger partial charge in [-0.15, -0.1) is 5.10 Å². The topological polar surface area (TPSA) is 82.8 Å². The van der Waals surface area contributed by atoms with Gasteiger partial charge in [0.1, 0.15) is 5.69 Å². The van der Waals surface area contributed by atoms with Crippen LogP contribution in [0.15, 0.2) is 53.8 Å². The molecular formula is C17H17N4O2S+. The predicted molar refractivity (Wildman–Crippen MR) is 90.7 cm³/mol. The number of carboxylic acids is 1. The quantitative estimate of drug-likeness (QED) is 0.532. The van der Waals surface area contributed by atoms with Crippen LogP contribution in [0.3, 0.4) is 0 Å². The normalized spacial score (nSPS) is 10.7. The van der Waals surface area contributed by atoms with E-state index < -0.39 is 5.97 Å². The first-order valence-electron chi connectivity index (χ1n) is 7.53. The molecule has 0 aliphatic heterocycles. The molecular weight excluding hydrogens is 324 g/mol. The number of aromatic carboxylic acids is 1. The Morgan fingerprint density at radius 3 is 2.67 bits per heavy atom. The van der Waals surface area contributed by atoms with E-state index in [2.05, 4.69) is 26.7 Å². The van der Waals surface area contributed by atoms with Crippen molar-refractivity contribution in [1.82, 2.24) is 15.2 Å². The van der Waals surface area contributed by atoms with Gasteiger partial charge < -0.3 is 5.11 Å². The smallest absolute Gasteiger partial charge is 0.337 e. The lowest BCUT2D eigenvalue weighted by Crippen LogP contribution is -2.35. The molecule has 2 N–H and O–H groups in total. The lowest BCUT2D eigenvalue weighted by Gasteiger charge is -2.02. The maximum atomic E-state index is 10.9. The molecule has 0 aliphatic carbocycles. The average Bonchev–Trinajstić information content (AvgIpc) is 3.04. The molecule has 24 heavy (non-hydrogen) atoms. The Balaban J connectivity index is 1.76. The van der Waals surface area contributed by atoms with Crippen molar-refractivity contribution < 1.29 is 14.5 Å². The highest BCUT2D eigenvalue weighted by molar-refractivity contribution is 7.98. The minimum Gasteiger partial charge on any atom is -0.478 e. The Kier molecular flexibility index (Phi) is 4.90. The zero-order valence-electron chi connectivity index (χ0n) is 13.1. The van der Waals surface area contributed by atoms with E-state index in [1.54, 1.807) is 30.1 Å². The van der Waals surface area contributed by atoms with E-state index in [1.807, 2.05) is 30.3 Å². The van der Waals surface area contributed by atoms with Crippen molar-refractivity contribution in [2.24, 2.45) is 0 Å². The second-order valence-corrected chi connectivity index (χ2v) is 6.05. The number of thioether (sulfide) groups is 1. The van der Waals surface area contributed by atoms with Crippen LogP contribution in [0.25, 0.3) is 11.5 Å². The van der Waals surface area contributed by atoms with Crippen LogP contribution >= 0.6 is 11.8 Å². The van der Waals surface area contributed by atoms with Crippen LogP contribution in [0.5, 0.6) is 0 Å². The van der Waals surface area contributed by atoms with Crippen LogP contribution in [0.1, 0.15) is 22.8 Å². The number of aromatic amines is 1. The molecule has 0 unspecified atom stereocenters. The number of aromatic nitrogens is 4. The molecule has 0 saturated heterocycles. The molecule has 0 amide bonds. The van der Waals surface area contributed by atoms with E-state index >= 15 is 0 Å². The minimum absolute atomic E-state index is 0.296. The monoisotopic (exact) mass is 341 g/mol. The molecule has 0 radical (unpaired) electrons. The molecule has 1 aromatic carbocycles. The van der Waals surface area contributed by atoms with Crippen LogP contribution in [-0.4, -0.2) is 26.3 Å². The summed E-state index contributed by atoms with van der Waals surface area (Å²) in [6.45, 7) is 2.84. The number of pyridine rings is 1. The van der Waals surface area contributed by atoms with Crippen molar-refractivity contribution in [2.75, 3.05) is 0 Å². The van der Waals surface area contributed by atoms with Gasteiger partial charge in [-0.05, 0) is 48.5 Å². The number of rotatable bonds is 6. The van der Waals surface area contributed by atoms with Crippen molar-refractivity contribution in [3.63, 3.8) is 0 Å². The first-order valence-corrected chi connectivity index (χ1v) is 8.52. The van der Waals surface area contributed by atoms with Gasteiger partial charge in [0, 0.05) is 11.9 Å². The van der Waals surface area contributed by atoms with Gasteiger partial charge in [-0.2, -0.15) is 0 Å². The first kappa shape index (κ1) is 16.2. The summed E-state index contributed by atoms with van der Waals surface area (Å²) in [7, 11) is 0. The number of H-pyrrole nitrogens is 1. The van der Waals surface area contributed by atoms with Gasteiger partial charge in [-0.1, -0.05) is 18.2 Å². The molecule has 3 rings (SSSR count). The van der Waals surface area contributed by atoms with Crippen LogP contribution in [-0.2, 0) is 12.3 Å². The lowest BCUT2D eigenvalue weighted by molar-refractivity contribution is -0.719. The fourth-order valence-electron chi connectivity index (χ4n) is 2.31. The molecule has 6 nitrogen and oxygen atoms in total. The van der Waals surface area contributed by atoms with E-state index in [9.17, 15) is 4.79 Å². The number of hydrogen-bond donors (Lipinski definition) is 2. The molecule has 7 heteroatoms. The fourth-order valence-corrected chi connectivity index (χ4v) is 3.29. The number of carbonyl (C=O) groups is 1. The van der Waals surface area contributed by atoms with Gasteiger partial charge in [0.2, 0.25) is 0 Å². The average molecular weight is 341 g/mol. The summed E-state index contributed by atoms with van der Waals surface area (Å²) >= 11 is 1.60. The number of hydrogen-bond acceptors (Lipinski definition) is 4. The van der Waals surface area contributed by atoms with Crippen LogP contribution in [0, 0.1) is 0 Å². The summed E-state index contributed by atoms with van der Waals surface area (Å²) < 4.78 is 2.08. The molecule has 122 valence electrons. The molecule has 3 aromatic rings. The van der Waals surface area contributed by atoms with Gasteiger partial charge in [-0.25, -0.2) is 14.3 Å². The van der Waals surface area contributed by atoms with E-state index in [0.29, 0.717) is 11.3 Å². The number of nitrogens with one attached hydrogen (secondary N) is 1. The zero-order valence-corrected chi connectivity index (χ0v) is 14.0. The third-order valence-electron chi connectivity index (χ3n) is 3.55. The van der Waals surface area contributed by atoms with Crippen LogP contribution in [0.2, 0.25) is 0 Å². The second kappa shape index (κ2) is 7.27. The van der Waals surface area contributed by atoms with Crippen molar-refractivity contribution in [3.8, 4) is 11.5 Å². The third-order valence-corrected chi connectivity index (χ3v) is 4.60. The standard InChI is InChI=1S/C17H16N4O2S/c1-2-21-15(14-5-3-4-10-18-14)19-20-17(21)24-11-12-6-8-13(9-7-12)16(22)23/h3-10H,2,11H2,1H3,(H,22,23)/p+1. The van der Waals surface area contributed by atoms with Crippen LogP contribution < -0.4 is 4.57 Å². The van der Waals surface area contributed by atoms with Crippen molar-refractivity contribution in [2.45, 2.75) is 24.4 Å². The predicted octanol–water partition coefficient (Wildman–Crippen LogP) is 2.77. The SMILES string of the molecule is CC[n+]1c(SCc2ccc(C(=O)O)cc2)n[nH]c1-c1ccccn1. The van der Waals surface area contributed by atoms with Gasteiger partial charge in [0.05, 0.1) is 17.2 Å². The fraction of sp³-hybridized carbons (Fsp3) is 0.176. The summed E-state index contributed by atoms with van der Waals surface area (Å²) in [6, 6.07) is 12.7. The maximum absolute atomic E-state index is 10.9. The van der Waals surface area contributed by atoms with Crippen molar-refractivity contribution in [3.05, 3.63) is 59.8 Å². The number of nitrogens with zero attached hydrogens (tertiary/aromatic N) is 3. The Morgan fingerprint density at radius 2 is 2.04 bits per heavy atom. The van der Waals surface area contributed by atoms with E-state index in [-0.39, 0.29) is 0 Å². The van der Waals surface area contributed by atoms with Gasteiger partial charge in [0.15, 0.2) is 0 Å². The minimum atomic E-state index is -0.912. The molecule has 0 spiro atoms. The van der Waals surface area contributed by atoms with E-state index in [0.717, 1.165) is 28.8 Å². The van der Waals surface area contributed by atoms with Crippen molar-refractivity contribution in [1.29, 1.82) is 0 Å². The molecule has 0 aliphatic rings. The Hall–Kier alpha value is -2.67. The Bertz CT molecular complexity index is 832. The zero-order chi connectivity index (χ0) is 16.9. The molecule has 0 fully saturated rings. The molecule has 2 aromatic heterocycles. The summed E-state index contributed by atoms with van der Waals surface area (Å²) in [5.74, 6) is 0.680. The second-order valence-electron chi connectivity index (χ2n) is 5.10. The highest BCUT2D eigenvalue weighted by Crippen LogP contribution is 2.20. The highest BCUT2D eigenvalue weighted by Gasteiger charge is 2.21. The maximum Gasteiger partial charge on any atom is 0.337 e. The van der Waals surface area contributed by atoms with E-state index in [1.165, 1.54) is 0 Å². The van der Waals surface area contributed by atoms with Gasteiger partial charge >= 0.3 is 11.1 Å². The number of carboxylic acid groups (broad SMARTS) is 1. The number of benzene rings is 1. The molecule has 2 heterocycles. The first-order chi connectivity index (χ1) is 11.7. The third kappa shape index (κ3) is 3.46. The largest absolute Gasteiger partial charge is 0.478 e.